The van der Waals surface area contributed by atoms with Crippen molar-refractivity contribution in [3.05, 3.63) is 164 Å². The van der Waals surface area contributed by atoms with Crippen molar-refractivity contribution >= 4 is 36.4 Å². The van der Waals surface area contributed by atoms with Gasteiger partial charge in [-0.3, -0.25) is 0 Å². The topological polar surface area (TPSA) is 6.48 Å². The lowest BCUT2D eigenvalue weighted by Crippen LogP contribution is -2.52. The molecule has 4 heteroatoms. The number of hydrogen-bond donors (Lipinski definition) is 0. The molecule has 0 bridgehead atoms. The molecule has 0 saturated heterocycles. The maximum Gasteiger partial charge on any atom is 0.282 e. The molecule has 0 aromatic heterocycles. The second-order valence-electron chi connectivity index (χ2n) is 19.4. The van der Waals surface area contributed by atoms with Gasteiger partial charge in [-0.15, -0.1) is 0 Å². The summed E-state index contributed by atoms with van der Waals surface area (Å²) >= 11 is 0. The second kappa shape index (κ2) is 13.6. The second-order valence-corrected chi connectivity index (χ2v) is 19.4. The Bertz CT molecular complexity index is 2180. The molecule has 0 saturated carbocycles. The molecule has 2 atom stereocenters. The Morgan fingerprint density at radius 1 is 0.464 bits per heavy atom. The van der Waals surface area contributed by atoms with E-state index in [2.05, 4.69) is 204 Å². The predicted molar refractivity (Wildman–Crippen MR) is 245 cm³/mol. The molecule has 2 aliphatic heterocycles. The van der Waals surface area contributed by atoms with Crippen molar-refractivity contribution in [3.63, 3.8) is 0 Å². The highest BCUT2D eigenvalue weighted by atomic mass is 15.1. The van der Waals surface area contributed by atoms with E-state index in [4.69, 9.17) is 0 Å². The molecule has 0 N–H and O–H groups in total. The van der Waals surface area contributed by atoms with Crippen molar-refractivity contribution in [1.82, 2.24) is 0 Å². The number of benzene rings is 5. The Morgan fingerprint density at radius 3 is 1.12 bits per heavy atom. The molecule has 8 rings (SSSR count). The zero-order valence-corrected chi connectivity index (χ0v) is 36.6. The number of allylic oxidation sites excluding steroid dienone is 2. The first-order chi connectivity index (χ1) is 26.5. The lowest BCUT2D eigenvalue weighted by atomic mass is 9.30. The molecule has 5 aromatic carbocycles. The van der Waals surface area contributed by atoms with Crippen LogP contribution in [0.2, 0.25) is 0 Å². The van der Waals surface area contributed by atoms with Crippen LogP contribution in [-0.2, 0) is 10.6 Å². The van der Waals surface area contributed by atoms with Crippen molar-refractivity contribution in [2.45, 2.75) is 131 Å². The number of aryl methyl sites for hydroxylation is 6. The fourth-order valence-corrected chi connectivity index (χ4v) is 11.8. The van der Waals surface area contributed by atoms with Crippen LogP contribution < -0.4 is 9.62 Å². The highest BCUT2D eigenvalue weighted by molar-refractivity contribution is 6.73. The summed E-state index contributed by atoms with van der Waals surface area (Å²) in [7, 11) is 0. The Balaban J connectivity index is 1.35. The largest absolute Gasteiger partial charge is 0.384 e. The number of fused-ring (bicyclic) bond motifs is 3. The lowest BCUT2D eigenvalue weighted by molar-refractivity contribution is 0.725. The third kappa shape index (κ3) is 5.67. The minimum atomic E-state index is -0.115. The summed E-state index contributed by atoms with van der Waals surface area (Å²) in [5.74, 6) is 1.21. The van der Waals surface area contributed by atoms with Crippen LogP contribution >= 0.6 is 0 Å². The average Bonchev–Trinajstić information content (AvgIpc) is 3.49. The minimum Gasteiger partial charge on any atom is -0.384 e. The third-order valence-corrected chi connectivity index (χ3v) is 14.0. The van der Waals surface area contributed by atoms with Gasteiger partial charge in [-0.05, 0) is 120 Å². The SMILES string of the molecule is Cc1cc(C)c(N2B([C@H]3C=C[C@H](B4N(c5c(C)cc(C)cc5C)c5c(C(C)C)cccc5C4(C)C)c4ccccc43)C(C)(C)c3cccc(C(C)C)c32)c(C)c1. The summed E-state index contributed by atoms with van der Waals surface area (Å²) in [5, 5.41) is -0.230. The molecule has 0 spiro atoms. The van der Waals surface area contributed by atoms with Gasteiger partial charge in [0.25, 0.3) is 13.7 Å². The molecule has 3 aliphatic rings. The van der Waals surface area contributed by atoms with Crippen LogP contribution in [0.1, 0.15) is 146 Å². The van der Waals surface area contributed by atoms with Gasteiger partial charge in [0.05, 0.1) is 0 Å². The summed E-state index contributed by atoms with van der Waals surface area (Å²) in [4.78, 5) is 5.60. The van der Waals surface area contributed by atoms with Gasteiger partial charge in [-0.2, -0.15) is 0 Å². The fraction of sp³-hybridized carbons (Fsp3) is 0.385. The highest BCUT2D eigenvalue weighted by Crippen LogP contribution is 2.59. The molecule has 0 fully saturated rings. The molecule has 0 radical (unpaired) electrons. The summed E-state index contributed by atoms with van der Waals surface area (Å²) < 4.78 is 0. The van der Waals surface area contributed by atoms with E-state index in [0.717, 1.165) is 0 Å². The monoisotopic (exact) mass is 737 g/mol. The Labute approximate surface area is 339 Å². The van der Waals surface area contributed by atoms with E-state index in [9.17, 15) is 0 Å². The van der Waals surface area contributed by atoms with E-state index in [1.165, 1.54) is 89.5 Å². The van der Waals surface area contributed by atoms with Gasteiger partial charge in [0.2, 0.25) is 0 Å². The van der Waals surface area contributed by atoms with Gasteiger partial charge >= 0.3 is 0 Å². The van der Waals surface area contributed by atoms with Crippen LogP contribution in [0.15, 0.2) is 97.1 Å². The Morgan fingerprint density at radius 2 is 0.804 bits per heavy atom. The zero-order valence-electron chi connectivity index (χ0n) is 36.6. The number of para-hydroxylation sites is 2. The van der Waals surface area contributed by atoms with Crippen molar-refractivity contribution in [2.75, 3.05) is 9.62 Å². The summed E-state index contributed by atoms with van der Waals surface area (Å²) in [6, 6.07) is 33.3. The molecule has 2 heterocycles. The molecule has 2 nitrogen and oxygen atoms in total. The standard InChI is InChI=1S/C52H62B2N2/c1-31(2)39-21-17-23-43-49(39)55(47-35(7)27-33(5)28-36(47)8)53(51(43,11)12)45-25-26-46(42-20-16-15-19-41(42)45)54-52(13,14)44-24-18-22-40(32(3)4)50(44)56(54)48-37(9)29-34(6)30-38(48)10/h15-32,45-46H,1-14H3/t45-,46-/m0/s1. The summed E-state index contributed by atoms with van der Waals surface area (Å²) in [5.41, 5.74) is 22.4. The number of rotatable bonds is 6. The number of nitrogens with zero attached hydrogens (tertiary/aromatic N) is 2. The molecule has 5 aromatic rings. The fourth-order valence-electron chi connectivity index (χ4n) is 11.8. The van der Waals surface area contributed by atoms with Crippen LogP contribution in [0.5, 0.6) is 0 Å². The summed E-state index contributed by atoms with van der Waals surface area (Å²) in [6.07, 6.45) is 5.28. The van der Waals surface area contributed by atoms with Crippen LogP contribution in [0.25, 0.3) is 0 Å². The summed E-state index contributed by atoms with van der Waals surface area (Å²) in [6.45, 7) is 33.6. The van der Waals surface area contributed by atoms with Crippen molar-refractivity contribution in [1.29, 1.82) is 0 Å². The van der Waals surface area contributed by atoms with E-state index >= 15 is 0 Å². The molecular formula is C52H62B2N2. The molecule has 0 amide bonds. The number of hydrogen-bond acceptors (Lipinski definition) is 2. The van der Waals surface area contributed by atoms with Gasteiger partial charge < -0.3 is 9.62 Å². The zero-order chi connectivity index (χ0) is 40.2. The van der Waals surface area contributed by atoms with Crippen LogP contribution in [0.3, 0.4) is 0 Å². The van der Waals surface area contributed by atoms with Crippen molar-refractivity contribution in [2.24, 2.45) is 0 Å². The highest BCUT2D eigenvalue weighted by Gasteiger charge is 2.58. The van der Waals surface area contributed by atoms with E-state index < -0.39 is 0 Å². The first kappa shape index (κ1) is 38.4. The number of anilines is 4. The van der Waals surface area contributed by atoms with Gasteiger partial charge in [0, 0.05) is 34.4 Å². The van der Waals surface area contributed by atoms with Crippen molar-refractivity contribution < 1.29 is 0 Å². The quantitative estimate of drug-likeness (QED) is 0.127. The van der Waals surface area contributed by atoms with Gasteiger partial charge in [-0.1, -0.05) is 164 Å². The molecular weight excluding hydrogens is 674 g/mol. The van der Waals surface area contributed by atoms with Crippen molar-refractivity contribution in [3.8, 4) is 0 Å². The predicted octanol–water partition coefficient (Wildman–Crippen LogP) is 13.9. The lowest BCUT2D eigenvalue weighted by Gasteiger charge is -2.43. The average molecular weight is 737 g/mol. The van der Waals surface area contributed by atoms with E-state index in [1.807, 2.05) is 0 Å². The van der Waals surface area contributed by atoms with Crippen LogP contribution in [-0.4, -0.2) is 13.7 Å². The Kier molecular flexibility index (Phi) is 9.34. The van der Waals surface area contributed by atoms with Gasteiger partial charge in [0.1, 0.15) is 0 Å². The van der Waals surface area contributed by atoms with E-state index in [1.54, 1.807) is 0 Å². The van der Waals surface area contributed by atoms with Crippen LogP contribution in [0.4, 0.5) is 22.7 Å². The van der Waals surface area contributed by atoms with Gasteiger partial charge in [-0.25, -0.2) is 0 Å². The molecule has 1 aliphatic carbocycles. The van der Waals surface area contributed by atoms with E-state index in [0.29, 0.717) is 11.8 Å². The smallest absolute Gasteiger partial charge is 0.282 e. The molecule has 56 heavy (non-hydrogen) atoms. The maximum absolute atomic E-state index is 2.80. The van der Waals surface area contributed by atoms with E-state index in [-0.39, 0.29) is 36.0 Å². The first-order valence-electron chi connectivity index (χ1n) is 21.2. The third-order valence-electron chi connectivity index (χ3n) is 14.0. The first-order valence-corrected chi connectivity index (χ1v) is 21.2. The maximum atomic E-state index is 2.80. The van der Waals surface area contributed by atoms with Crippen LogP contribution in [0, 0.1) is 41.5 Å². The molecule has 0 unspecified atom stereocenters. The Hall–Kier alpha value is -4.43. The molecule has 286 valence electrons. The minimum absolute atomic E-state index is 0.115. The normalized spacial score (nSPS) is 19.3. The van der Waals surface area contributed by atoms with Gasteiger partial charge in [0.15, 0.2) is 0 Å².